The minimum atomic E-state index is -0.464. The first-order valence-electron chi connectivity index (χ1n) is 8.41. The lowest BCUT2D eigenvalue weighted by atomic mass is 9.99. The van der Waals surface area contributed by atoms with E-state index < -0.39 is 6.03 Å². The molecule has 0 heterocycles. The van der Waals surface area contributed by atoms with Crippen molar-refractivity contribution in [2.45, 2.75) is 38.6 Å². The van der Waals surface area contributed by atoms with Gasteiger partial charge in [0.05, 0.1) is 6.04 Å². The van der Waals surface area contributed by atoms with Crippen LogP contribution in [0.1, 0.15) is 49.8 Å². The molecule has 0 unspecified atom stereocenters. The van der Waals surface area contributed by atoms with Gasteiger partial charge in [-0.05, 0) is 17.5 Å². The molecule has 2 aromatic carbocycles. The molecular formula is C20H24N2O2. The van der Waals surface area contributed by atoms with Crippen LogP contribution in [0.15, 0.2) is 60.7 Å². The van der Waals surface area contributed by atoms with Crippen LogP contribution in [0, 0.1) is 0 Å². The number of unbranched alkanes of at least 4 members (excludes halogenated alkanes) is 2. The minimum Gasteiger partial charge on any atom is -0.327 e. The van der Waals surface area contributed by atoms with Crippen LogP contribution < -0.4 is 10.6 Å². The summed E-state index contributed by atoms with van der Waals surface area (Å²) in [5.74, 6) is -0.235. The molecule has 2 aromatic rings. The van der Waals surface area contributed by atoms with Gasteiger partial charge in [0.2, 0.25) is 5.91 Å². The predicted molar refractivity (Wildman–Crippen MR) is 95.5 cm³/mol. The molecule has 0 aromatic heterocycles. The average Bonchev–Trinajstić information content (AvgIpc) is 2.61. The monoisotopic (exact) mass is 324 g/mol. The zero-order valence-corrected chi connectivity index (χ0v) is 14.0. The van der Waals surface area contributed by atoms with E-state index in [0.29, 0.717) is 6.42 Å². The van der Waals surface area contributed by atoms with Gasteiger partial charge < -0.3 is 5.32 Å². The summed E-state index contributed by atoms with van der Waals surface area (Å²) in [5.41, 5.74) is 1.94. The lowest BCUT2D eigenvalue weighted by Crippen LogP contribution is -2.41. The Bertz CT molecular complexity index is 602. The number of imide groups is 1. The molecule has 0 radical (unpaired) electrons. The van der Waals surface area contributed by atoms with Crippen LogP contribution in [-0.2, 0) is 4.79 Å². The number of carbonyl (C=O) groups is 2. The summed E-state index contributed by atoms with van der Waals surface area (Å²) in [4.78, 5) is 24.0. The Balaban J connectivity index is 2.03. The van der Waals surface area contributed by atoms with Crippen LogP contribution in [0.4, 0.5) is 4.79 Å². The topological polar surface area (TPSA) is 58.2 Å². The number of nitrogens with one attached hydrogen (secondary N) is 2. The molecular weight excluding hydrogens is 300 g/mol. The molecule has 2 N–H and O–H groups in total. The summed E-state index contributed by atoms with van der Waals surface area (Å²) in [6, 6.07) is 18.7. The van der Waals surface area contributed by atoms with Crippen molar-refractivity contribution in [1.82, 2.24) is 10.6 Å². The Morgan fingerprint density at radius 3 is 1.92 bits per heavy atom. The fourth-order valence-corrected chi connectivity index (χ4v) is 2.54. The zero-order chi connectivity index (χ0) is 17.2. The van der Waals surface area contributed by atoms with E-state index in [1.165, 1.54) is 0 Å². The van der Waals surface area contributed by atoms with Crippen LogP contribution in [-0.4, -0.2) is 11.9 Å². The van der Waals surface area contributed by atoms with Crippen molar-refractivity contribution < 1.29 is 9.59 Å². The van der Waals surface area contributed by atoms with E-state index in [0.717, 1.165) is 30.4 Å². The van der Waals surface area contributed by atoms with Gasteiger partial charge in [0.25, 0.3) is 0 Å². The first kappa shape index (κ1) is 17.7. The largest absolute Gasteiger partial charge is 0.327 e. The Labute approximate surface area is 143 Å². The Hall–Kier alpha value is -2.62. The molecule has 2 rings (SSSR count). The zero-order valence-electron chi connectivity index (χ0n) is 14.0. The van der Waals surface area contributed by atoms with Gasteiger partial charge in [-0.25, -0.2) is 4.79 Å². The van der Waals surface area contributed by atoms with Gasteiger partial charge in [0.1, 0.15) is 0 Å². The van der Waals surface area contributed by atoms with Crippen molar-refractivity contribution >= 4 is 11.9 Å². The van der Waals surface area contributed by atoms with Crippen molar-refractivity contribution in [1.29, 1.82) is 0 Å². The number of rotatable bonds is 7. The summed E-state index contributed by atoms with van der Waals surface area (Å²) in [7, 11) is 0. The second kappa shape index (κ2) is 9.50. The molecule has 0 fully saturated rings. The smallest absolute Gasteiger partial charge is 0.322 e. The normalized spacial score (nSPS) is 10.4. The Morgan fingerprint density at radius 2 is 1.42 bits per heavy atom. The molecule has 0 aliphatic heterocycles. The molecule has 0 spiro atoms. The molecule has 0 bridgehead atoms. The second-order valence-corrected chi connectivity index (χ2v) is 5.73. The average molecular weight is 324 g/mol. The number of carbonyl (C=O) groups excluding carboxylic acids is 2. The third kappa shape index (κ3) is 5.54. The highest BCUT2D eigenvalue weighted by Crippen LogP contribution is 2.21. The molecule has 4 heteroatoms. The standard InChI is InChI=1S/C20H24N2O2/c1-2-3-6-15-18(23)21-20(24)22-19(16-11-7-4-8-12-16)17-13-9-5-10-14-17/h4-5,7-14,19H,2-3,6,15H2,1H3,(H2,21,22,23,24). The van der Waals surface area contributed by atoms with Crippen LogP contribution in [0.25, 0.3) is 0 Å². The van der Waals surface area contributed by atoms with Crippen LogP contribution in [0.3, 0.4) is 0 Å². The molecule has 0 atom stereocenters. The summed E-state index contributed by atoms with van der Waals surface area (Å²) >= 11 is 0. The van der Waals surface area contributed by atoms with E-state index in [1.807, 2.05) is 60.7 Å². The maximum absolute atomic E-state index is 12.2. The molecule has 126 valence electrons. The van der Waals surface area contributed by atoms with Crippen molar-refractivity contribution in [2.75, 3.05) is 0 Å². The van der Waals surface area contributed by atoms with E-state index in [2.05, 4.69) is 17.6 Å². The van der Waals surface area contributed by atoms with E-state index in [1.54, 1.807) is 0 Å². The van der Waals surface area contributed by atoms with Gasteiger partial charge in [-0.3, -0.25) is 10.1 Å². The Kier molecular flexibility index (Phi) is 7.02. The maximum atomic E-state index is 12.2. The van der Waals surface area contributed by atoms with Crippen molar-refractivity contribution in [3.8, 4) is 0 Å². The first-order valence-corrected chi connectivity index (χ1v) is 8.41. The maximum Gasteiger partial charge on any atom is 0.322 e. The van der Waals surface area contributed by atoms with Gasteiger partial charge in [-0.1, -0.05) is 80.4 Å². The number of amides is 3. The van der Waals surface area contributed by atoms with E-state index in [4.69, 9.17) is 0 Å². The van der Waals surface area contributed by atoms with Gasteiger partial charge >= 0.3 is 6.03 Å². The van der Waals surface area contributed by atoms with E-state index in [9.17, 15) is 9.59 Å². The fourth-order valence-electron chi connectivity index (χ4n) is 2.54. The Morgan fingerprint density at radius 1 is 0.875 bits per heavy atom. The van der Waals surface area contributed by atoms with Gasteiger partial charge in [0, 0.05) is 6.42 Å². The highest BCUT2D eigenvalue weighted by molar-refractivity contribution is 5.94. The third-order valence-corrected chi connectivity index (χ3v) is 3.80. The molecule has 3 amide bonds. The van der Waals surface area contributed by atoms with E-state index >= 15 is 0 Å². The lowest BCUT2D eigenvalue weighted by molar-refractivity contribution is -0.120. The predicted octanol–water partition coefficient (Wildman–Crippen LogP) is 4.18. The molecule has 24 heavy (non-hydrogen) atoms. The number of urea groups is 1. The van der Waals surface area contributed by atoms with Crippen LogP contribution in [0.2, 0.25) is 0 Å². The first-order chi connectivity index (χ1) is 11.7. The molecule has 0 aliphatic rings. The van der Waals surface area contributed by atoms with E-state index in [-0.39, 0.29) is 11.9 Å². The van der Waals surface area contributed by atoms with Gasteiger partial charge in [-0.2, -0.15) is 0 Å². The molecule has 0 saturated heterocycles. The number of benzene rings is 2. The quantitative estimate of drug-likeness (QED) is 0.751. The minimum absolute atomic E-state index is 0.235. The van der Waals surface area contributed by atoms with Crippen molar-refractivity contribution in [2.24, 2.45) is 0 Å². The van der Waals surface area contributed by atoms with Crippen LogP contribution in [0.5, 0.6) is 0 Å². The lowest BCUT2D eigenvalue weighted by Gasteiger charge is -2.20. The second-order valence-electron chi connectivity index (χ2n) is 5.73. The summed E-state index contributed by atoms with van der Waals surface area (Å²) < 4.78 is 0. The highest BCUT2D eigenvalue weighted by atomic mass is 16.2. The third-order valence-electron chi connectivity index (χ3n) is 3.80. The summed E-state index contributed by atoms with van der Waals surface area (Å²) in [5, 5.41) is 5.32. The van der Waals surface area contributed by atoms with Gasteiger partial charge in [0.15, 0.2) is 0 Å². The molecule has 4 nitrogen and oxygen atoms in total. The van der Waals surface area contributed by atoms with Crippen molar-refractivity contribution in [3.63, 3.8) is 0 Å². The highest BCUT2D eigenvalue weighted by Gasteiger charge is 2.17. The fraction of sp³-hybridized carbons (Fsp3) is 0.300. The summed E-state index contributed by atoms with van der Waals surface area (Å²) in [6.07, 6.45) is 3.22. The van der Waals surface area contributed by atoms with Gasteiger partial charge in [-0.15, -0.1) is 0 Å². The van der Waals surface area contributed by atoms with Crippen molar-refractivity contribution in [3.05, 3.63) is 71.8 Å². The number of hydrogen-bond acceptors (Lipinski definition) is 2. The molecule has 0 saturated carbocycles. The number of hydrogen-bond donors (Lipinski definition) is 2. The SMILES string of the molecule is CCCCCC(=O)NC(=O)NC(c1ccccc1)c1ccccc1. The summed E-state index contributed by atoms with van der Waals surface area (Å²) in [6.45, 7) is 2.08. The van der Waals surface area contributed by atoms with Crippen LogP contribution >= 0.6 is 0 Å². The molecule has 0 aliphatic carbocycles.